The minimum absolute atomic E-state index is 0.107. The summed E-state index contributed by atoms with van der Waals surface area (Å²) in [5, 5.41) is 0. The third-order valence-corrected chi connectivity index (χ3v) is 5.15. The number of carbonyl (C=O) groups excluding carboxylic acids is 1. The lowest BCUT2D eigenvalue weighted by atomic mass is 10.1. The van der Waals surface area contributed by atoms with Crippen LogP contribution in [0.1, 0.15) is 21.6 Å². The number of hydrogen-bond acceptors (Lipinski definition) is 6. The highest BCUT2D eigenvalue weighted by Crippen LogP contribution is 2.20. The molecule has 2 N–H and O–H groups in total. The molecule has 0 radical (unpaired) electrons. The number of nitrogens with zero attached hydrogens (tertiary/aromatic N) is 4. The van der Waals surface area contributed by atoms with E-state index in [4.69, 9.17) is 0 Å². The smallest absolute Gasteiger partial charge is 0.314 e. The highest BCUT2D eigenvalue weighted by Gasteiger charge is 2.24. The summed E-state index contributed by atoms with van der Waals surface area (Å²) in [6.07, 6.45) is 1.56. The Morgan fingerprint density at radius 3 is 2.36 bits per heavy atom. The van der Waals surface area contributed by atoms with Gasteiger partial charge in [0.1, 0.15) is 12.1 Å². The van der Waals surface area contributed by atoms with E-state index in [2.05, 4.69) is 24.8 Å². The van der Waals surface area contributed by atoms with E-state index in [1.165, 1.54) is 0 Å². The predicted octanol–water partition coefficient (Wildman–Crippen LogP) is 0.586. The van der Waals surface area contributed by atoms with Crippen LogP contribution in [0.15, 0.2) is 34.1 Å². The van der Waals surface area contributed by atoms with Gasteiger partial charge in [0.15, 0.2) is 0 Å². The van der Waals surface area contributed by atoms with Crippen LogP contribution in [0.2, 0.25) is 0 Å². The maximum Gasteiger partial charge on any atom is 0.314 e. The molecular weight excluding hydrogens is 360 g/mol. The molecule has 2 aromatic heterocycles. The minimum Gasteiger partial charge on any atom is -0.353 e. The van der Waals surface area contributed by atoms with Gasteiger partial charge in [-0.2, -0.15) is 0 Å². The van der Waals surface area contributed by atoms with Crippen molar-refractivity contribution < 1.29 is 4.79 Å². The Labute approximate surface area is 160 Å². The molecule has 4 rings (SSSR count). The van der Waals surface area contributed by atoms with Crippen LogP contribution in [0.5, 0.6) is 0 Å². The molecular formula is C19H20N6O3. The van der Waals surface area contributed by atoms with Gasteiger partial charge in [0.05, 0.1) is 11.0 Å². The van der Waals surface area contributed by atoms with Gasteiger partial charge >= 0.3 is 11.1 Å². The van der Waals surface area contributed by atoms with Crippen LogP contribution < -0.4 is 16.0 Å². The van der Waals surface area contributed by atoms with Gasteiger partial charge in [0.25, 0.3) is 5.91 Å². The van der Waals surface area contributed by atoms with E-state index in [9.17, 15) is 14.4 Å². The number of piperazine rings is 1. The lowest BCUT2D eigenvalue weighted by molar-refractivity contribution is 0.0746. The molecule has 1 fully saturated rings. The molecule has 0 saturated carbocycles. The van der Waals surface area contributed by atoms with Crippen LogP contribution >= 0.6 is 0 Å². The van der Waals surface area contributed by atoms with Crippen molar-refractivity contribution in [1.82, 2.24) is 24.8 Å². The van der Waals surface area contributed by atoms with Gasteiger partial charge in [-0.1, -0.05) is 0 Å². The third kappa shape index (κ3) is 3.15. The molecule has 3 heterocycles. The first-order chi connectivity index (χ1) is 13.4. The summed E-state index contributed by atoms with van der Waals surface area (Å²) >= 11 is 0. The molecule has 1 amide bonds. The first kappa shape index (κ1) is 17.9. The molecule has 0 unspecified atom stereocenters. The highest BCUT2D eigenvalue weighted by molar-refractivity contribution is 5.97. The van der Waals surface area contributed by atoms with Crippen molar-refractivity contribution >= 4 is 22.8 Å². The second-order valence-electron chi connectivity index (χ2n) is 6.86. The summed E-state index contributed by atoms with van der Waals surface area (Å²) in [4.78, 5) is 53.3. The number of benzene rings is 1. The molecule has 1 saturated heterocycles. The Morgan fingerprint density at radius 1 is 0.964 bits per heavy atom. The van der Waals surface area contributed by atoms with Gasteiger partial charge in [0, 0.05) is 43.0 Å². The molecule has 0 spiro atoms. The number of anilines is 1. The second kappa shape index (κ2) is 6.91. The standard InChI is InChI=1S/C19H20N6O3/c1-11-12(2)20-10-21-16(11)24-5-7-25(8-6-24)19(28)13-3-4-14-15(9-13)23-18(27)17(26)22-14/h3-4,9-10H,5-8H2,1-2H3,(H,22,26)(H,23,27). The summed E-state index contributed by atoms with van der Waals surface area (Å²) in [5.41, 5.74) is 1.94. The topological polar surface area (TPSA) is 115 Å². The second-order valence-corrected chi connectivity index (χ2v) is 6.86. The van der Waals surface area contributed by atoms with E-state index >= 15 is 0 Å². The molecule has 0 aliphatic carbocycles. The van der Waals surface area contributed by atoms with Gasteiger partial charge < -0.3 is 19.8 Å². The molecule has 1 aromatic carbocycles. The average Bonchev–Trinajstić information content (AvgIpc) is 2.70. The number of aromatic nitrogens is 4. The number of carbonyl (C=O) groups is 1. The van der Waals surface area contributed by atoms with Crippen molar-refractivity contribution in [3.05, 3.63) is 62.1 Å². The van der Waals surface area contributed by atoms with Gasteiger partial charge in [-0.3, -0.25) is 14.4 Å². The highest BCUT2D eigenvalue weighted by atomic mass is 16.2. The van der Waals surface area contributed by atoms with Crippen LogP contribution in [-0.2, 0) is 0 Å². The SMILES string of the molecule is Cc1ncnc(N2CCN(C(=O)c3ccc4[nH]c(=O)c(=O)[nH]c4c3)CC2)c1C. The van der Waals surface area contributed by atoms with Gasteiger partial charge in [-0.05, 0) is 32.0 Å². The summed E-state index contributed by atoms with van der Waals surface area (Å²) < 4.78 is 0. The molecule has 0 bridgehead atoms. The average molecular weight is 380 g/mol. The molecule has 144 valence electrons. The van der Waals surface area contributed by atoms with Crippen molar-refractivity contribution in [3.63, 3.8) is 0 Å². The quantitative estimate of drug-likeness (QED) is 0.629. The summed E-state index contributed by atoms with van der Waals surface area (Å²) in [5.74, 6) is 0.802. The molecule has 28 heavy (non-hydrogen) atoms. The summed E-state index contributed by atoms with van der Waals surface area (Å²) in [7, 11) is 0. The van der Waals surface area contributed by atoms with Crippen LogP contribution in [0.3, 0.4) is 0 Å². The fraction of sp³-hybridized carbons (Fsp3) is 0.316. The monoisotopic (exact) mass is 380 g/mol. The zero-order valence-corrected chi connectivity index (χ0v) is 15.7. The molecule has 3 aromatic rings. The predicted molar refractivity (Wildman–Crippen MR) is 105 cm³/mol. The zero-order chi connectivity index (χ0) is 19.8. The lowest BCUT2D eigenvalue weighted by Crippen LogP contribution is -2.49. The lowest BCUT2D eigenvalue weighted by Gasteiger charge is -2.36. The number of nitrogens with one attached hydrogen (secondary N) is 2. The number of H-pyrrole nitrogens is 2. The van der Waals surface area contributed by atoms with Crippen molar-refractivity contribution in [2.24, 2.45) is 0 Å². The first-order valence-corrected chi connectivity index (χ1v) is 9.03. The van der Waals surface area contributed by atoms with Crippen LogP contribution in [-0.4, -0.2) is 56.9 Å². The number of amides is 1. The largest absolute Gasteiger partial charge is 0.353 e. The fourth-order valence-electron chi connectivity index (χ4n) is 3.40. The Morgan fingerprint density at radius 2 is 1.64 bits per heavy atom. The zero-order valence-electron chi connectivity index (χ0n) is 15.7. The van der Waals surface area contributed by atoms with E-state index in [0.29, 0.717) is 42.8 Å². The van der Waals surface area contributed by atoms with Crippen molar-refractivity contribution in [3.8, 4) is 0 Å². The maximum absolute atomic E-state index is 12.9. The fourth-order valence-corrected chi connectivity index (χ4v) is 3.40. The summed E-state index contributed by atoms with van der Waals surface area (Å²) in [6, 6.07) is 4.88. The molecule has 0 atom stereocenters. The van der Waals surface area contributed by atoms with E-state index in [-0.39, 0.29) is 5.91 Å². The van der Waals surface area contributed by atoms with Gasteiger partial charge in [-0.25, -0.2) is 9.97 Å². The number of fused-ring (bicyclic) bond motifs is 1. The number of aromatic amines is 2. The van der Waals surface area contributed by atoms with Crippen molar-refractivity contribution in [2.45, 2.75) is 13.8 Å². The van der Waals surface area contributed by atoms with Crippen molar-refractivity contribution in [2.75, 3.05) is 31.1 Å². The van der Waals surface area contributed by atoms with E-state index < -0.39 is 11.1 Å². The minimum atomic E-state index is -0.735. The van der Waals surface area contributed by atoms with E-state index in [1.807, 2.05) is 13.8 Å². The van der Waals surface area contributed by atoms with Crippen molar-refractivity contribution in [1.29, 1.82) is 0 Å². The normalized spacial score (nSPS) is 14.5. The van der Waals surface area contributed by atoms with Crippen LogP contribution in [0.25, 0.3) is 11.0 Å². The maximum atomic E-state index is 12.9. The van der Waals surface area contributed by atoms with Crippen LogP contribution in [0.4, 0.5) is 5.82 Å². The van der Waals surface area contributed by atoms with Crippen LogP contribution in [0, 0.1) is 13.8 Å². The molecule has 1 aliphatic heterocycles. The Hall–Kier alpha value is -3.49. The third-order valence-electron chi connectivity index (χ3n) is 5.15. The van der Waals surface area contributed by atoms with Gasteiger partial charge in [0.2, 0.25) is 0 Å². The molecule has 9 heteroatoms. The number of hydrogen-bond donors (Lipinski definition) is 2. The van der Waals surface area contributed by atoms with E-state index in [0.717, 1.165) is 17.1 Å². The Bertz CT molecular complexity index is 1170. The Kier molecular flexibility index (Phi) is 4.42. The van der Waals surface area contributed by atoms with Gasteiger partial charge in [-0.15, -0.1) is 0 Å². The summed E-state index contributed by atoms with van der Waals surface area (Å²) in [6.45, 7) is 6.46. The number of rotatable bonds is 2. The van der Waals surface area contributed by atoms with E-state index in [1.54, 1.807) is 29.4 Å². The first-order valence-electron chi connectivity index (χ1n) is 9.03. The number of aryl methyl sites for hydroxylation is 1. The Balaban J connectivity index is 1.52. The molecule has 1 aliphatic rings. The molecule has 9 nitrogen and oxygen atoms in total.